The molecule has 1 atom stereocenters. The molecule has 2 aromatic rings. The molecule has 1 N–H and O–H groups in total. The lowest BCUT2D eigenvalue weighted by Crippen LogP contribution is -2.21. The first-order chi connectivity index (χ1) is 7.58. The topological polar surface area (TPSA) is 51.2 Å². The van der Waals surface area contributed by atoms with Crippen LogP contribution in [0, 0.1) is 0 Å². The number of aromatic nitrogens is 2. The minimum atomic E-state index is -0.844. The first-order valence-electron chi connectivity index (χ1n) is 5.30. The summed E-state index contributed by atoms with van der Waals surface area (Å²) in [5.74, 6) is 0. The molecule has 2 aromatic heterocycles. The van der Waals surface area contributed by atoms with Crippen molar-refractivity contribution >= 4 is 0 Å². The summed E-state index contributed by atoms with van der Waals surface area (Å²) < 4.78 is 6.75. The van der Waals surface area contributed by atoms with Gasteiger partial charge in [0.25, 0.3) is 0 Å². The van der Waals surface area contributed by atoms with E-state index < -0.39 is 5.60 Å². The highest BCUT2D eigenvalue weighted by Crippen LogP contribution is 2.26. The summed E-state index contributed by atoms with van der Waals surface area (Å²) in [6.07, 6.45) is 8.40. The summed E-state index contributed by atoms with van der Waals surface area (Å²) in [5.41, 5.74) is 1.10. The van der Waals surface area contributed by atoms with E-state index in [1.807, 2.05) is 19.4 Å². The molecule has 0 bridgehead atoms. The van der Waals surface area contributed by atoms with E-state index in [0.717, 1.165) is 17.5 Å². The van der Waals surface area contributed by atoms with E-state index in [2.05, 4.69) is 5.10 Å². The maximum absolute atomic E-state index is 10.3. The quantitative estimate of drug-likeness (QED) is 0.855. The number of aryl methyl sites for hydroxylation is 2. The van der Waals surface area contributed by atoms with Crippen molar-refractivity contribution in [2.45, 2.75) is 25.4 Å². The molecule has 0 saturated heterocycles. The largest absolute Gasteiger partial charge is 0.472 e. The Morgan fingerprint density at radius 3 is 2.94 bits per heavy atom. The van der Waals surface area contributed by atoms with Gasteiger partial charge in [-0.05, 0) is 31.4 Å². The zero-order chi connectivity index (χ0) is 11.6. The fourth-order valence-electron chi connectivity index (χ4n) is 1.70. The first kappa shape index (κ1) is 11.0. The van der Waals surface area contributed by atoms with Crippen molar-refractivity contribution in [1.29, 1.82) is 0 Å². The van der Waals surface area contributed by atoms with E-state index >= 15 is 0 Å². The van der Waals surface area contributed by atoms with Gasteiger partial charge in [-0.3, -0.25) is 4.68 Å². The lowest BCUT2D eigenvalue weighted by molar-refractivity contribution is 0.0474. The normalized spacial score (nSPS) is 14.9. The predicted octanol–water partition coefficient (Wildman–Crippen LogP) is 1.85. The van der Waals surface area contributed by atoms with Gasteiger partial charge in [0.15, 0.2) is 0 Å². The second-order valence-electron chi connectivity index (χ2n) is 4.31. The summed E-state index contributed by atoms with van der Waals surface area (Å²) in [6, 6.07) is 1.79. The predicted molar refractivity (Wildman–Crippen MR) is 59.8 cm³/mol. The maximum atomic E-state index is 10.3. The van der Waals surface area contributed by atoms with Crippen molar-refractivity contribution < 1.29 is 9.52 Å². The third-order valence-corrected chi connectivity index (χ3v) is 2.80. The maximum Gasteiger partial charge on any atom is 0.0963 e. The van der Waals surface area contributed by atoms with E-state index in [9.17, 15) is 5.11 Å². The zero-order valence-corrected chi connectivity index (χ0v) is 9.55. The van der Waals surface area contributed by atoms with Gasteiger partial charge in [0, 0.05) is 18.8 Å². The lowest BCUT2D eigenvalue weighted by Gasteiger charge is -2.21. The Balaban J connectivity index is 2.00. The number of hydrogen-bond donors (Lipinski definition) is 1. The molecule has 4 nitrogen and oxygen atoms in total. The summed E-state index contributed by atoms with van der Waals surface area (Å²) in [7, 11) is 1.89. The molecular formula is C12H16N2O2. The standard InChI is InChI=1S/C12H16N2O2/c1-12(15,11-4-6-16-9-11)5-3-10-7-13-14(2)8-10/h4,6-9,15H,3,5H2,1-2H3. The van der Waals surface area contributed by atoms with Crippen LogP contribution in [0.1, 0.15) is 24.5 Å². The third kappa shape index (κ3) is 2.33. The van der Waals surface area contributed by atoms with Gasteiger partial charge in [0.1, 0.15) is 0 Å². The Morgan fingerprint density at radius 1 is 1.56 bits per heavy atom. The molecular weight excluding hydrogens is 204 g/mol. The van der Waals surface area contributed by atoms with Crippen LogP contribution in [0.2, 0.25) is 0 Å². The van der Waals surface area contributed by atoms with Gasteiger partial charge in [0.2, 0.25) is 0 Å². The molecule has 0 amide bonds. The minimum absolute atomic E-state index is 0.651. The van der Waals surface area contributed by atoms with Gasteiger partial charge in [-0.15, -0.1) is 0 Å². The van der Waals surface area contributed by atoms with E-state index in [1.54, 1.807) is 30.2 Å². The Kier molecular flexibility index (Phi) is 2.83. The highest BCUT2D eigenvalue weighted by molar-refractivity contribution is 5.16. The lowest BCUT2D eigenvalue weighted by atomic mass is 9.92. The fraction of sp³-hybridized carbons (Fsp3) is 0.417. The van der Waals surface area contributed by atoms with Crippen molar-refractivity contribution in [1.82, 2.24) is 9.78 Å². The van der Waals surface area contributed by atoms with Crippen molar-refractivity contribution in [2.75, 3.05) is 0 Å². The van der Waals surface area contributed by atoms with Crippen molar-refractivity contribution in [3.8, 4) is 0 Å². The highest BCUT2D eigenvalue weighted by Gasteiger charge is 2.23. The Morgan fingerprint density at radius 2 is 2.38 bits per heavy atom. The van der Waals surface area contributed by atoms with Crippen LogP contribution in [0.5, 0.6) is 0 Å². The molecule has 0 fully saturated rings. The molecule has 86 valence electrons. The molecule has 0 spiro atoms. The van der Waals surface area contributed by atoms with Gasteiger partial charge >= 0.3 is 0 Å². The second kappa shape index (κ2) is 4.14. The molecule has 16 heavy (non-hydrogen) atoms. The number of nitrogens with zero attached hydrogens (tertiary/aromatic N) is 2. The Labute approximate surface area is 94.5 Å². The monoisotopic (exact) mass is 220 g/mol. The minimum Gasteiger partial charge on any atom is -0.472 e. The average molecular weight is 220 g/mol. The van der Waals surface area contributed by atoms with Gasteiger partial charge in [-0.25, -0.2) is 0 Å². The molecule has 4 heteroatoms. The average Bonchev–Trinajstić information content (AvgIpc) is 2.85. The molecule has 0 radical (unpaired) electrons. The van der Waals surface area contributed by atoms with Crippen LogP contribution in [0.15, 0.2) is 35.4 Å². The smallest absolute Gasteiger partial charge is 0.0963 e. The Hall–Kier alpha value is -1.55. The van der Waals surface area contributed by atoms with Crippen LogP contribution in [0.4, 0.5) is 0 Å². The molecule has 0 saturated carbocycles. The molecule has 2 heterocycles. The van der Waals surface area contributed by atoms with Gasteiger partial charge in [-0.2, -0.15) is 5.10 Å². The Bertz CT molecular complexity index is 443. The van der Waals surface area contributed by atoms with Gasteiger partial charge < -0.3 is 9.52 Å². The number of rotatable bonds is 4. The molecule has 0 aliphatic carbocycles. The summed E-state index contributed by atoms with van der Waals surface area (Å²) in [5, 5.41) is 14.4. The van der Waals surface area contributed by atoms with E-state index in [-0.39, 0.29) is 0 Å². The molecule has 2 rings (SSSR count). The SMILES string of the molecule is Cn1cc(CCC(C)(O)c2ccoc2)cn1. The second-order valence-corrected chi connectivity index (χ2v) is 4.31. The summed E-state index contributed by atoms with van der Waals surface area (Å²) in [6.45, 7) is 1.80. The third-order valence-electron chi connectivity index (χ3n) is 2.80. The molecule has 0 aromatic carbocycles. The van der Waals surface area contributed by atoms with Crippen molar-refractivity contribution in [3.05, 3.63) is 42.1 Å². The van der Waals surface area contributed by atoms with E-state index in [0.29, 0.717) is 6.42 Å². The van der Waals surface area contributed by atoms with Crippen LogP contribution < -0.4 is 0 Å². The van der Waals surface area contributed by atoms with Crippen LogP contribution in [0.25, 0.3) is 0 Å². The van der Waals surface area contributed by atoms with E-state index in [4.69, 9.17) is 4.42 Å². The zero-order valence-electron chi connectivity index (χ0n) is 9.55. The van der Waals surface area contributed by atoms with E-state index in [1.165, 1.54) is 0 Å². The molecule has 0 aliphatic rings. The number of furan rings is 1. The summed E-state index contributed by atoms with van der Waals surface area (Å²) >= 11 is 0. The van der Waals surface area contributed by atoms with Crippen LogP contribution in [-0.4, -0.2) is 14.9 Å². The molecule has 0 aliphatic heterocycles. The summed E-state index contributed by atoms with van der Waals surface area (Å²) in [4.78, 5) is 0. The van der Waals surface area contributed by atoms with Crippen molar-refractivity contribution in [2.24, 2.45) is 7.05 Å². The highest BCUT2D eigenvalue weighted by atomic mass is 16.3. The van der Waals surface area contributed by atoms with Gasteiger partial charge in [-0.1, -0.05) is 0 Å². The fourth-order valence-corrected chi connectivity index (χ4v) is 1.70. The van der Waals surface area contributed by atoms with Crippen LogP contribution in [-0.2, 0) is 19.1 Å². The first-order valence-corrected chi connectivity index (χ1v) is 5.30. The van der Waals surface area contributed by atoms with Crippen LogP contribution in [0.3, 0.4) is 0 Å². The number of aliphatic hydroxyl groups is 1. The number of hydrogen-bond acceptors (Lipinski definition) is 3. The van der Waals surface area contributed by atoms with Crippen LogP contribution >= 0.6 is 0 Å². The van der Waals surface area contributed by atoms with Crippen molar-refractivity contribution in [3.63, 3.8) is 0 Å². The van der Waals surface area contributed by atoms with Gasteiger partial charge in [0.05, 0.1) is 24.3 Å². The molecule has 1 unspecified atom stereocenters.